The average molecular weight is 438 g/mol. The lowest BCUT2D eigenvalue weighted by atomic mass is 10.1. The van der Waals surface area contributed by atoms with Crippen LogP contribution in [0.4, 0.5) is 5.69 Å². The lowest BCUT2D eigenvalue weighted by Crippen LogP contribution is -2.25. The third kappa shape index (κ3) is 4.83. The molecule has 1 unspecified atom stereocenters. The van der Waals surface area contributed by atoms with Crippen LogP contribution >= 0.6 is 0 Å². The van der Waals surface area contributed by atoms with Crippen LogP contribution in [-0.2, 0) is 14.8 Å². The molecule has 1 aromatic heterocycles. The highest BCUT2D eigenvalue weighted by atomic mass is 32.2. The Kier molecular flexibility index (Phi) is 5.85. The van der Waals surface area contributed by atoms with Crippen molar-refractivity contribution in [2.75, 3.05) is 16.6 Å². The van der Waals surface area contributed by atoms with E-state index in [0.29, 0.717) is 18.7 Å². The van der Waals surface area contributed by atoms with E-state index in [1.54, 1.807) is 41.4 Å². The maximum absolute atomic E-state index is 12.3. The quantitative estimate of drug-likeness (QED) is 0.598. The van der Waals surface area contributed by atoms with Gasteiger partial charge in [-0.15, -0.1) is 0 Å². The molecule has 1 saturated heterocycles. The number of hydrogen-bond acceptors (Lipinski definition) is 5. The smallest absolute Gasteiger partial charge is 0.244 e. The Hall–Kier alpha value is -3.46. The average Bonchev–Trinajstić information content (AvgIpc) is 3.42. The lowest BCUT2D eigenvalue weighted by molar-refractivity contribution is -0.117. The Morgan fingerprint density at radius 3 is 2.42 bits per heavy atom. The Morgan fingerprint density at radius 2 is 1.81 bits per heavy atom. The van der Waals surface area contributed by atoms with Gasteiger partial charge in [-0.1, -0.05) is 24.3 Å². The number of anilines is 1. The molecule has 0 aliphatic carbocycles. The molecule has 2 heterocycles. The first-order valence-corrected chi connectivity index (χ1v) is 11.6. The molecule has 0 bridgehead atoms. The van der Waals surface area contributed by atoms with Gasteiger partial charge in [0, 0.05) is 12.6 Å². The Labute approximate surface area is 181 Å². The van der Waals surface area contributed by atoms with Gasteiger partial charge >= 0.3 is 0 Å². The minimum absolute atomic E-state index is 0.162. The molecule has 1 atom stereocenters. The molecule has 1 aliphatic rings. The van der Waals surface area contributed by atoms with E-state index in [1.807, 2.05) is 31.2 Å². The molecule has 1 N–H and O–H groups in total. The Balaban J connectivity index is 1.35. The van der Waals surface area contributed by atoms with E-state index in [-0.39, 0.29) is 17.7 Å². The van der Waals surface area contributed by atoms with Gasteiger partial charge in [0.25, 0.3) is 0 Å². The zero-order chi connectivity index (χ0) is 21.8. The standard InChI is InChI=1S/C22H23N5O3S/c1-17(19-6-10-20(11-7-19)26-16-23-15-24-26)25-22(28)12-5-18-3-8-21(9-4-18)27-13-2-14-31(27,29)30/h3-12,15-17H,2,13-14H2,1H3,(H,25,28)/b12-5+. The van der Waals surface area contributed by atoms with Gasteiger partial charge in [-0.05, 0) is 54.8 Å². The van der Waals surface area contributed by atoms with Gasteiger partial charge in [0.05, 0.1) is 23.2 Å². The lowest BCUT2D eigenvalue weighted by Gasteiger charge is -2.16. The zero-order valence-corrected chi connectivity index (χ0v) is 17.9. The molecule has 2 aromatic carbocycles. The summed E-state index contributed by atoms with van der Waals surface area (Å²) in [7, 11) is -3.19. The van der Waals surface area contributed by atoms with Crippen LogP contribution in [0.2, 0.25) is 0 Å². The number of aromatic nitrogens is 3. The normalized spacial score (nSPS) is 16.5. The molecule has 160 valence electrons. The topological polar surface area (TPSA) is 97.2 Å². The fourth-order valence-corrected chi connectivity index (χ4v) is 5.02. The number of amides is 1. The van der Waals surface area contributed by atoms with Crippen molar-refractivity contribution in [1.82, 2.24) is 20.1 Å². The summed E-state index contributed by atoms with van der Waals surface area (Å²) >= 11 is 0. The first-order valence-electron chi connectivity index (χ1n) is 9.96. The van der Waals surface area contributed by atoms with Crippen LogP contribution < -0.4 is 9.62 Å². The molecule has 1 amide bonds. The summed E-state index contributed by atoms with van der Waals surface area (Å²) in [6, 6.07) is 14.7. The van der Waals surface area contributed by atoms with Crippen molar-refractivity contribution in [3.8, 4) is 5.69 Å². The molecule has 9 heteroatoms. The monoisotopic (exact) mass is 437 g/mol. The highest BCUT2D eigenvalue weighted by molar-refractivity contribution is 7.93. The van der Waals surface area contributed by atoms with Gasteiger partial charge in [0.2, 0.25) is 15.9 Å². The molecule has 0 saturated carbocycles. The van der Waals surface area contributed by atoms with Crippen molar-refractivity contribution in [1.29, 1.82) is 0 Å². The van der Waals surface area contributed by atoms with Crippen molar-refractivity contribution in [2.45, 2.75) is 19.4 Å². The largest absolute Gasteiger partial charge is 0.346 e. The van der Waals surface area contributed by atoms with Gasteiger partial charge in [-0.3, -0.25) is 9.10 Å². The first kappa shape index (κ1) is 20.8. The van der Waals surface area contributed by atoms with Gasteiger partial charge in [0.1, 0.15) is 12.7 Å². The summed E-state index contributed by atoms with van der Waals surface area (Å²) in [5.74, 6) is -0.0186. The minimum Gasteiger partial charge on any atom is -0.346 e. The van der Waals surface area contributed by atoms with Crippen LogP contribution in [-0.4, -0.2) is 41.4 Å². The first-order chi connectivity index (χ1) is 14.9. The summed E-state index contributed by atoms with van der Waals surface area (Å²) < 4.78 is 27.1. The predicted octanol–water partition coefficient (Wildman–Crippen LogP) is 2.70. The molecule has 4 rings (SSSR count). The fourth-order valence-electron chi connectivity index (χ4n) is 3.46. The molecule has 8 nitrogen and oxygen atoms in total. The maximum Gasteiger partial charge on any atom is 0.244 e. The third-order valence-corrected chi connectivity index (χ3v) is 7.01. The number of nitrogens with one attached hydrogen (secondary N) is 1. The number of carbonyl (C=O) groups is 1. The molecular weight excluding hydrogens is 414 g/mol. The van der Waals surface area contributed by atoms with E-state index in [1.165, 1.54) is 16.7 Å². The summed E-state index contributed by atoms with van der Waals surface area (Å²) in [4.78, 5) is 16.2. The number of benzene rings is 2. The van der Waals surface area contributed by atoms with Crippen LogP contribution in [0, 0.1) is 0 Å². The van der Waals surface area contributed by atoms with Gasteiger partial charge in [-0.25, -0.2) is 18.1 Å². The number of nitrogens with zero attached hydrogens (tertiary/aromatic N) is 4. The summed E-state index contributed by atoms with van der Waals surface area (Å²) in [6.45, 7) is 2.43. The minimum atomic E-state index is -3.19. The van der Waals surface area contributed by atoms with Crippen LogP contribution in [0.1, 0.15) is 30.5 Å². The number of rotatable bonds is 6. The summed E-state index contributed by atoms with van der Waals surface area (Å²) in [6.07, 6.45) is 6.93. The second-order valence-corrected chi connectivity index (χ2v) is 9.34. The van der Waals surface area contributed by atoms with E-state index in [2.05, 4.69) is 15.4 Å². The third-order valence-electron chi connectivity index (χ3n) is 5.14. The summed E-state index contributed by atoms with van der Waals surface area (Å²) in [5.41, 5.74) is 3.34. The highest BCUT2D eigenvalue weighted by Crippen LogP contribution is 2.24. The molecular formula is C22H23N5O3S. The molecule has 31 heavy (non-hydrogen) atoms. The molecule has 0 radical (unpaired) electrons. The van der Waals surface area contributed by atoms with E-state index < -0.39 is 10.0 Å². The van der Waals surface area contributed by atoms with Crippen molar-refractivity contribution >= 4 is 27.7 Å². The SMILES string of the molecule is CC(NC(=O)/C=C/c1ccc(N2CCCS2(=O)=O)cc1)c1ccc(-n2cncn2)cc1. The van der Waals surface area contributed by atoms with Crippen LogP contribution in [0.15, 0.2) is 67.3 Å². The molecule has 1 fully saturated rings. The zero-order valence-electron chi connectivity index (χ0n) is 17.0. The predicted molar refractivity (Wildman–Crippen MR) is 119 cm³/mol. The van der Waals surface area contributed by atoms with Crippen molar-refractivity contribution in [3.63, 3.8) is 0 Å². The summed E-state index contributed by atoms with van der Waals surface area (Å²) in [5, 5.41) is 7.03. The maximum atomic E-state index is 12.3. The van der Waals surface area contributed by atoms with Crippen LogP contribution in [0.25, 0.3) is 11.8 Å². The number of carbonyl (C=O) groups excluding carboxylic acids is 1. The second-order valence-electron chi connectivity index (χ2n) is 7.33. The van der Waals surface area contributed by atoms with E-state index >= 15 is 0 Å². The molecule has 0 spiro atoms. The van der Waals surface area contributed by atoms with Crippen LogP contribution in [0.3, 0.4) is 0 Å². The van der Waals surface area contributed by atoms with Crippen molar-refractivity contribution in [2.24, 2.45) is 0 Å². The second kappa shape index (κ2) is 8.73. The Bertz CT molecular complexity index is 1170. The van der Waals surface area contributed by atoms with E-state index in [4.69, 9.17) is 0 Å². The number of sulfonamides is 1. The van der Waals surface area contributed by atoms with Gasteiger partial charge in [0.15, 0.2) is 0 Å². The van der Waals surface area contributed by atoms with Crippen LogP contribution in [0.5, 0.6) is 0 Å². The fraction of sp³-hybridized carbons (Fsp3) is 0.227. The molecule has 1 aliphatic heterocycles. The molecule has 3 aromatic rings. The van der Waals surface area contributed by atoms with Crippen molar-refractivity contribution < 1.29 is 13.2 Å². The number of hydrogen-bond donors (Lipinski definition) is 1. The highest BCUT2D eigenvalue weighted by Gasteiger charge is 2.28. The van der Waals surface area contributed by atoms with E-state index in [9.17, 15) is 13.2 Å². The Morgan fingerprint density at radius 1 is 1.10 bits per heavy atom. The van der Waals surface area contributed by atoms with E-state index in [0.717, 1.165) is 16.8 Å². The van der Waals surface area contributed by atoms with Crippen molar-refractivity contribution in [3.05, 3.63) is 78.4 Å². The van der Waals surface area contributed by atoms with Gasteiger partial charge in [-0.2, -0.15) is 5.10 Å². The van der Waals surface area contributed by atoms with Gasteiger partial charge < -0.3 is 5.32 Å².